The molecule has 0 bridgehead atoms. The summed E-state index contributed by atoms with van der Waals surface area (Å²) in [5.41, 5.74) is 8.80. The largest absolute Gasteiger partial charge is 0.329 e. The standard InChI is InChI=1S/C18H24N2/c1-20(2)18(15-19,13-16-9-5-3-6-10-16)14-17-11-7-4-8-12-17/h3-12H,13-15,19H2,1-2H3. The maximum Gasteiger partial charge on any atom is 0.0406 e. The molecule has 0 amide bonds. The van der Waals surface area contributed by atoms with Gasteiger partial charge in [0.25, 0.3) is 0 Å². The summed E-state index contributed by atoms with van der Waals surface area (Å²) in [5, 5.41) is 0. The molecule has 0 atom stereocenters. The van der Waals surface area contributed by atoms with Gasteiger partial charge in [-0.15, -0.1) is 0 Å². The van der Waals surface area contributed by atoms with Crippen LogP contribution in [0.3, 0.4) is 0 Å². The lowest BCUT2D eigenvalue weighted by Gasteiger charge is -2.39. The predicted molar refractivity (Wildman–Crippen MR) is 85.8 cm³/mol. The van der Waals surface area contributed by atoms with Gasteiger partial charge in [-0.25, -0.2) is 0 Å². The van der Waals surface area contributed by atoms with Crippen molar-refractivity contribution < 1.29 is 0 Å². The Bertz CT molecular complexity index is 464. The molecule has 0 fully saturated rings. The average Bonchev–Trinajstić information content (AvgIpc) is 2.48. The lowest BCUT2D eigenvalue weighted by Crippen LogP contribution is -2.53. The molecule has 0 aliphatic heterocycles. The van der Waals surface area contributed by atoms with Crippen LogP contribution in [-0.4, -0.2) is 31.1 Å². The molecule has 0 saturated heterocycles. The van der Waals surface area contributed by atoms with Crippen LogP contribution in [-0.2, 0) is 12.8 Å². The summed E-state index contributed by atoms with van der Waals surface area (Å²) >= 11 is 0. The maximum atomic E-state index is 6.16. The molecule has 2 aromatic carbocycles. The molecule has 2 heteroatoms. The number of likely N-dealkylation sites (N-methyl/N-ethyl adjacent to an activating group) is 1. The van der Waals surface area contributed by atoms with Crippen molar-refractivity contribution in [2.75, 3.05) is 20.6 Å². The van der Waals surface area contributed by atoms with Gasteiger partial charge in [0.05, 0.1) is 0 Å². The van der Waals surface area contributed by atoms with Gasteiger partial charge >= 0.3 is 0 Å². The lowest BCUT2D eigenvalue weighted by atomic mass is 9.83. The van der Waals surface area contributed by atoms with E-state index in [2.05, 4.69) is 79.7 Å². The molecule has 0 heterocycles. The third kappa shape index (κ3) is 3.47. The smallest absolute Gasteiger partial charge is 0.0406 e. The van der Waals surface area contributed by atoms with Crippen LogP contribution in [0.1, 0.15) is 11.1 Å². The number of benzene rings is 2. The van der Waals surface area contributed by atoms with Crippen LogP contribution in [0.5, 0.6) is 0 Å². The second kappa shape index (κ2) is 6.69. The normalized spacial score (nSPS) is 11.8. The minimum Gasteiger partial charge on any atom is -0.329 e. The van der Waals surface area contributed by atoms with Crippen LogP contribution >= 0.6 is 0 Å². The molecule has 0 spiro atoms. The predicted octanol–water partition coefficient (Wildman–Crippen LogP) is 2.73. The van der Waals surface area contributed by atoms with E-state index in [4.69, 9.17) is 5.73 Å². The molecule has 2 N–H and O–H groups in total. The summed E-state index contributed by atoms with van der Waals surface area (Å²) in [6.07, 6.45) is 1.93. The highest BCUT2D eigenvalue weighted by Crippen LogP contribution is 2.23. The van der Waals surface area contributed by atoms with E-state index in [-0.39, 0.29) is 5.54 Å². The molecule has 0 unspecified atom stereocenters. The zero-order chi connectivity index (χ0) is 14.4. The molecule has 0 saturated carbocycles. The fourth-order valence-corrected chi connectivity index (χ4v) is 2.66. The van der Waals surface area contributed by atoms with Crippen LogP contribution in [0.4, 0.5) is 0 Å². The monoisotopic (exact) mass is 268 g/mol. The Morgan fingerprint density at radius 1 is 0.800 bits per heavy atom. The first-order valence-electron chi connectivity index (χ1n) is 7.12. The SMILES string of the molecule is CN(C)C(CN)(Cc1ccccc1)Cc1ccccc1. The third-order valence-electron chi connectivity index (χ3n) is 4.08. The Kier molecular flexibility index (Phi) is 4.94. The van der Waals surface area contributed by atoms with Gasteiger partial charge in [0.2, 0.25) is 0 Å². The third-order valence-corrected chi connectivity index (χ3v) is 4.08. The molecular formula is C18H24N2. The zero-order valence-electron chi connectivity index (χ0n) is 12.4. The van der Waals surface area contributed by atoms with Gasteiger partial charge in [-0.05, 0) is 38.1 Å². The minimum absolute atomic E-state index is 0.0390. The van der Waals surface area contributed by atoms with Gasteiger partial charge in [0, 0.05) is 12.1 Å². The Balaban J connectivity index is 2.26. The highest BCUT2D eigenvalue weighted by molar-refractivity contribution is 5.23. The first-order chi connectivity index (χ1) is 9.66. The Morgan fingerprint density at radius 2 is 1.20 bits per heavy atom. The number of nitrogens with two attached hydrogens (primary N) is 1. The van der Waals surface area contributed by atoms with Crippen molar-refractivity contribution in [2.24, 2.45) is 5.73 Å². The van der Waals surface area contributed by atoms with Gasteiger partial charge in [0.1, 0.15) is 0 Å². The summed E-state index contributed by atoms with van der Waals surface area (Å²) in [6, 6.07) is 21.2. The highest BCUT2D eigenvalue weighted by Gasteiger charge is 2.31. The Labute approximate surface area is 122 Å². The first kappa shape index (κ1) is 14.8. The molecule has 0 aliphatic rings. The molecule has 0 aromatic heterocycles. The van der Waals surface area contributed by atoms with Crippen molar-refractivity contribution in [3.63, 3.8) is 0 Å². The minimum atomic E-state index is -0.0390. The van der Waals surface area contributed by atoms with Crippen LogP contribution in [0.15, 0.2) is 60.7 Å². The number of rotatable bonds is 6. The molecule has 2 nitrogen and oxygen atoms in total. The summed E-state index contributed by atoms with van der Waals surface area (Å²) in [5.74, 6) is 0. The average molecular weight is 268 g/mol. The molecule has 2 aromatic rings. The summed E-state index contributed by atoms with van der Waals surface area (Å²) < 4.78 is 0. The van der Waals surface area contributed by atoms with Crippen LogP contribution in [0, 0.1) is 0 Å². The maximum absolute atomic E-state index is 6.16. The quantitative estimate of drug-likeness (QED) is 0.873. The second-order valence-corrected chi connectivity index (χ2v) is 5.65. The van der Waals surface area contributed by atoms with Gasteiger partial charge < -0.3 is 10.6 Å². The zero-order valence-corrected chi connectivity index (χ0v) is 12.4. The van der Waals surface area contributed by atoms with Crippen molar-refractivity contribution in [3.8, 4) is 0 Å². The first-order valence-corrected chi connectivity index (χ1v) is 7.12. The van der Waals surface area contributed by atoms with Gasteiger partial charge in [-0.2, -0.15) is 0 Å². The Morgan fingerprint density at radius 3 is 1.50 bits per heavy atom. The highest BCUT2D eigenvalue weighted by atomic mass is 15.2. The molecule has 20 heavy (non-hydrogen) atoms. The van der Waals surface area contributed by atoms with Crippen molar-refractivity contribution in [2.45, 2.75) is 18.4 Å². The van der Waals surface area contributed by atoms with Gasteiger partial charge in [0.15, 0.2) is 0 Å². The summed E-state index contributed by atoms with van der Waals surface area (Å²) in [4.78, 5) is 2.27. The second-order valence-electron chi connectivity index (χ2n) is 5.65. The molecule has 106 valence electrons. The van der Waals surface area contributed by atoms with Gasteiger partial charge in [-0.1, -0.05) is 60.7 Å². The van der Waals surface area contributed by atoms with E-state index in [1.807, 2.05) is 0 Å². The summed E-state index contributed by atoms with van der Waals surface area (Å²) in [6.45, 7) is 0.643. The Hall–Kier alpha value is -1.64. The summed E-state index contributed by atoms with van der Waals surface area (Å²) in [7, 11) is 4.25. The van der Waals surface area contributed by atoms with E-state index in [1.165, 1.54) is 11.1 Å². The molecule has 0 aliphatic carbocycles. The van der Waals surface area contributed by atoms with E-state index < -0.39 is 0 Å². The number of nitrogens with zero attached hydrogens (tertiary/aromatic N) is 1. The fourth-order valence-electron chi connectivity index (χ4n) is 2.66. The van der Waals surface area contributed by atoms with Crippen LogP contribution in [0.2, 0.25) is 0 Å². The lowest BCUT2D eigenvalue weighted by molar-refractivity contribution is 0.158. The van der Waals surface area contributed by atoms with E-state index >= 15 is 0 Å². The molecule has 2 rings (SSSR count). The van der Waals surface area contributed by atoms with Crippen LogP contribution < -0.4 is 5.73 Å². The van der Waals surface area contributed by atoms with Crippen molar-refractivity contribution in [1.29, 1.82) is 0 Å². The van der Waals surface area contributed by atoms with E-state index in [1.54, 1.807) is 0 Å². The van der Waals surface area contributed by atoms with Crippen LogP contribution in [0.25, 0.3) is 0 Å². The fraction of sp³-hybridized carbons (Fsp3) is 0.333. The van der Waals surface area contributed by atoms with E-state index in [9.17, 15) is 0 Å². The van der Waals surface area contributed by atoms with Crippen molar-refractivity contribution in [1.82, 2.24) is 4.90 Å². The molecular weight excluding hydrogens is 244 g/mol. The number of hydrogen-bond acceptors (Lipinski definition) is 2. The topological polar surface area (TPSA) is 29.3 Å². The van der Waals surface area contributed by atoms with Crippen molar-refractivity contribution in [3.05, 3.63) is 71.8 Å². The van der Waals surface area contributed by atoms with E-state index in [0.717, 1.165) is 12.8 Å². The van der Waals surface area contributed by atoms with Gasteiger partial charge in [-0.3, -0.25) is 0 Å². The molecule has 0 radical (unpaired) electrons. The van der Waals surface area contributed by atoms with Crippen molar-refractivity contribution >= 4 is 0 Å². The number of hydrogen-bond donors (Lipinski definition) is 1. The van der Waals surface area contributed by atoms with E-state index in [0.29, 0.717) is 6.54 Å².